The van der Waals surface area contributed by atoms with Crippen LogP contribution in [0.3, 0.4) is 0 Å². The van der Waals surface area contributed by atoms with Crippen molar-refractivity contribution in [2.75, 3.05) is 19.7 Å². The molecule has 3 N–H and O–H groups in total. The third-order valence-electron chi connectivity index (χ3n) is 4.30. The molecule has 1 aromatic heterocycles. The third-order valence-corrected chi connectivity index (χ3v) is 5.32. The number of halogens is 1. The van der Waals surface area contributed by atoms with Crippen molar-refractivity contribution in [1.82, 2.24) is 10.6 Å². The first-order valence-electron chi connectivity index (χ1n) is 9.92. The summed E-state index contributed by atoms with van der Waals surface area (Å²) in [6.45, 7) is 9.61. The molecule has 0 fully saturated rings. The first kappa shape index (κ1) is 25.9. The Bertz CT molecular complexity index is 724. The van der Waals surface area contributed by atoms with Gasteiger partial charge in [0.15, 0.2) is 5.96 Å². The van der Waals surface area contributed by atoms with Gasteiger partial charge in [0.2, 0.25) is 0 Å². The van der Waals surface area contributed by atoms with Crippen LogP contribution in [0.4, 0.5) is 0 Å². The van der Waals surface area contributed by atoms with E-state index in [-0.39, 0.29) is 42.7 Å². The molecule has 0 saturated carbocycles. The molecule has 0 aliphatic rings. The number of nitrogens with zero attached hydrogens (tertiary/aromatic N) is 1. The molecule has 7 heteroatoms. The zero-order chi connectivity index (χ0) is 20.4. The number of guanidine groups is 1. The molecule has 3 atom stereocenters. The molecule has 162 valence electrons. The minimum Gasteiger partial charge on any atom is -0.389 e. The van der Waals surface area contributed by atoms with Crippen molar-refractivity contribution in [2.45, 2.75) is 52.4 Å². The summed E-state index contributed by atoms with van der Waals surface area (Å²) in [6, 6.07) is 14.6. The van der Waals surface area contributed by atoms with Crippen molar-refractivity contribution in [2.24, 2.45) is 4.99 Å². The molecule has 1 aromatic carbocycles. The molecule has 0 bridgehead atoms. The van der Waals surface area contributed by atoms with Gasteiger partial charge in [0.1, 0.15) is 0 Å². The second-order valence-corrected chi connectivity index (χ2v) is 8.39. The van der Waals surface area contributed by atoms with Crippen LogP contribution in [0.5, 0.6) is 0 Å². The van der Waals surface area contributed by atoms with E-state index in [0.29, 0.717) is 6.54 Å². The summed E-state index contributed by atoms with van der Waals surface area (Å²) in [5, 5.41) is 16.9. The highest BCUT2D eigenvalue weighted by molar-refractivity contribution is 14.0. The maximum absolute atomic E-state index is 10.2. The van der Waals surface area contributed by atoms with Gasteiger partial charge in [0, 0.05) is 28.8 Å². The molecule has 0 aliphatic carbocycles. The number of aliphatic hydroxyl groups excluding tert-OH is 1. The Morgan fingerprint density at radius 2 is 1.90 bits per heavy atom. The van der Waals surface area contributed by atoms with E-state index in [1.54, 1.807) is 0 Å². The molecule has 29 heavy (non-hydrogen) atoms. The summed E-state index contributed by atoms with van der Waals surface area (Å²) in [4.78, 5) is 7.21. The van der Waals surface area contributed by atoms with Gasteiger partial charge in [0.25, 0.3) is 0 Å². The molecule has 2 rings (SSSR count). The summed E-state index contributed by atoms with van der Waals surface area (Å²) in [5.74, 6) is 0.721. The van der Waals surface area contributed by atoms with E-state index in [2.05, 4.69) is 41.6 Å². The van der Waals surface area contributed by atoms with Crippen molar-refractivity contribution >= 4 is 41.3 Å². The van der Waals surface area contributed by atoms with Gasteiger partial charge in [-0.3, -0.25) is 4.99 Å². The molecule has 5 nitrogen and oxygen atoms in total. The summed E-state index contributed by atoms with van der Waals surface area (Å²) in [6.07, 6.45) is 0.251. The van der Waals surface area contributed by atoms with E-state index in [1.165, 1.54) is 9.75 Å². The van der Waals surface area contributed by atoms with Crippen LogP contribution in [0.2, 0.25) is 0 Å². The zero-order valence-corrected chi connectivity index (χ0v) is 20.9. The van der Waals surface area contributed by atoms with Crippen LogP contribution < -0.4 is 10.6 Å². The molecular weight excluding hydrogens is 497 g/mol. The Morgan fingerprint density at radius 3 is 2.52 bits per heavy atom. The number of ether oxygens (including phenoxy) is 1. The Labute approximate surface area is 196 Å². The van der Waals surface area contributed by atoms with Crippen LogP contribution in [0.25, 0.3) is 0 Å². The topological polar surface area (TPSA) is 65.9 Å². The number of hydrogen-bond acceptors (Lipinski definition) is 4. The van der Waals surface area contributed by atoms with Crippen molar-refractivity contribution in [3.8, 4) is 0 Å². The van der Waals surface area contributed by atoms with Crippen molar-refractivity contribution < 1.29 is 9.84 Å². The van der Waals surface area contributed by atoms with Crippen LogP contribution in [-0.2, 0) is 11.2 Å². The van der Waals surface area contributed by atoms with E-state index >= 15 is 0 Å². The van der Waals surface area contributed by atoms with Crippen molar-refractivity contribution in [3.05, 3.63) is 57.8 Å². The van der Waals surface area contributed by atoms with Gasteiger partial charge in [-0.25, -0.2) is 0 Å². The van der Waals surface area contributed by atoms with E-state index < -0.39 is 6.10 Å². The van der Waals surface area contributed by atoms with Gasteiger partial charge < -0.3 is 20.5 Å². The second-order valence-electron chi connectivity index (χ2n) is 7.02. The molecule has 0 saturated heterocycles. The molecule has 3 unspecified atom stereocenters. The molecule has 1 heterocycles. The lowest BCUT2D eigenvalue weighted by molar-refractivity contribution is 0.00111. The molecule has 0 amide bonds. The lowest BCUT2D eigenvalue weighted by Crippen LogP contribution is -2.43. The largest absolute Gasteiger partial charge is 0.389 e. The smallest absolute Gasteiger partial charge is 0.191 e. The van der Waals surface area contributed by atoms with Gasteiger partial charge in [-0.05, 0) is 45.4 Å². The van der Waals surface area contributed by atoms with E-state index in [4.69, 9.17) is 4.74 Å². The minimum absolute atomic E-state index is 0. The lowest BCUT2D eigenvalue weighted by atomic mass is 10.1. The van der Waals surface area contributed by atoms with Crippen molar-refractivity contribution in [1.29, 1.82) is 0 Å². The average molecular weight is 532 g/mol. The Balaban J connectivity index is 0.00000420. The average Bonchev–Trinajstić information content (AvgIpc) is 3.09. The van der Waals surface area contributed by atoms with Gasteiger partial charge in [-0.1, -0.05) is 30.3 Å². The summed E-state index contributed by atoms with van der Waals surface area (Å²) >= 11 is 1.83. The first-order chi connectivity index (χ1) is 13.5. The van der Waals surface area contributed by atoms with Crippen LogP contribution in [0.15, 0.2) is 47.5 Å². The maximum Gasteiger partial charge on any atom is 0.191 e. The number of nitrogens with one attached hydrogen (secondary N) is 2. The quantitative estimate of drug-likeness (QED) is 0.243. The highest BCUT2D eigenvalue weighted by Crippen LogP contribution is 2.17. The number of aliphatic imine (C=N–C) groups is 1. The number of rotatable bonds is 10. The fraction of sp³-hybridized carbons (Fsp3) is 0.500. The van der Waals surface area contributed by atoms with Gasteiger partial charge in [-0.15, -0.1) is 35.3 Å². The highest BCUT2D eigenvalue weighted by Gasteiger charge is 2.11. The fourth-order valence-corrected chi connectivity index (χ4v) is 3.85. The number of aryl methyl sites for hydroxylation is 1. The van der Waals surface area contributed by atoms with E-state index in [1.807, 2.05) is 55.5 Å². The summed E-state index contributed by atoms with van der Waals surface area (Å²) in [5.41, 5.74) is 1.10. The minimum atomic E-state index is -0.642. The standard InChI is InChI=1S/C22H33N3O2S.HI/c1-5-23-22(25-16(2)13-21-12-11-17(3)28-21)24-14-20(26)15-27-18(4)19-9-7-6-8-10-19;/h6-12,16,18,20,26H,5,13-15H2,1-4H3,(H2,23,24,25);1H. The summed E-state index contributed by atoms with van der Waals surface area (Å²) in [7, 11) is 0. The Kier molecular flexibility index (Phi) is 12.4. The predicted molar refractivity (Wildman–Crippen MR) is 134 cm³/mol. The molecule has 0 spiro atoms. The SMILES string of the molecule is CCNC(=NCC(O)COC(C)c1ccccc1)NC(C)Cc1ccc(C)s1.I. The highest BCUT2D eigenvalue weighted by atomic mass is 127. The number of thiophene rings is 1. The second kappa shape index (κ2) is 14.0. The summed E-state index contributed by atoms with van der Waals surface area (Å²) < 4.78 is 5.79. The van der Waals surface area contributed by atoms with Gasteiger partial charge >= 0.3 is 0 Å². The number of hydrogen-bond donors (Lipinski definition) is 3. The molecular formula is C22H34IN3O2S. The molecule has 2 aromatic rings. The van der Waals surface area contributed by atoms with Gasteiger partial charge in [0.05, 0.1) is 25.4 Å². The van der Waals surface area contributed by atoms with Crippen LogP contribution in [0, 0.1) is 6.92 Å². The first-order valence-corrected chi connectivity index (χ1v) is 10.7. The fourth-order valence-electron chi connectivity index (χ4n) is 2.83. The number of aliphatic hydroxyl groups is 1. The van der Waals surface area contributed by atoms with Crippen LogP contribution in [0.1, 0.15) is 42.2 Å². The molecule has 0 radical (unpaired) electrons. The maximum atomic E-state index is 10.2. The third kappa shape index (κ3) is 9.93. The number of benzene rings is 1. The normalized spacial score (nSPS) is 14.6. The lowest BCUT2D eigenvalue weighted by Gasteiger charge is -2.19. The van der Waals surface area contributed by atoms with E-state index in [0.717, 1.165) is 24.5 Å². The molecule has 0 aliphatic heterocycles. The predicted octanol–water partition coefficient (Wildman–Crippen LogP) is 4.30. The van der Waals surface area contributed by atoms with Crippen LogP contribution in [-0.4, -0.2) is 42.9 Å². The monoisotopic (exact) mass is 531 g/mol. The van der Waals surface area contributed by atoms with Crippen LogP contribution >= 0.6 is 35.3 Å². The van der Waals surface area contributed by atoms with E-state index in [9.17, 15) is 5.11 Å². The zero-order valence-electron chi connectivity index (χ0n) is 17.7. The van der Waals surface area contributed by atoms with Gasteiger partial charge in [-0.2, -0.15) is 0 Å². The Hall–Kier alpha value is -1.16. The van der Waals surface area contributed by atoms with Crippen molar-refractivity contribution in [3.63, 3.8) is 0 Å². The Morgan fingerprint density at radius 1 is 1.17 bits per heavy atom.